The molecule has 2 rings (SSSR count). The second-order valence-corrected chi connectivity index (χ2v) is 5.42. The number of methoxy groups -OCH3 is 1. The van der Waals surface area contributed by atoms with Crippen LogP contribution in [0.4, 0.5) is 0 Å². The quantitative estimate of drug-likeness (QED) is 0.699. The van der Waals surface area contributed by atoms with Crippen molar-refractivity contribution in [2.24, 2.45) is 0 Å². The molecule has 0 amide bonds. The summed E-state index contributed by atoms with van der Waals surface area (Å²) < 4.78 is 10.7. The molecule has 0 bridgehead atoms. The fourth-order valence-corrected chi connectivity index (χ4v) is 2.79. The maximum absolute atomic E-state index is 11.9. The number of hydrogen-bond donors (Lipinski definition) is 0. The van der Waals surface area contributed by atoms with Crippen LogP contribution in [0, 0.1) is 6.92 Å². The molecule has 3 heteroatoms. The van der Waals surface area contributed by atoms with Crippen molar-refractivity contribution < 1.29 is 13.9 Å². The highest BCUT2D eigenvalue weighted by Gasteiger charge is 2.22. The summed E-state index contributed by atoms with van der Waals surface area (Å²) in [6.07, 6.45) is 13.6. The third-order valence-electron chi connectivity index (χ3n) is 3.90. The fourth-order valence-electron chi connectivity index (χ4n) is 2.79. The number of hydrogen-bond acceptors (Lipinski definition) is 3. The molecule has 1 heterocycles. The molecule has 1 aromatic heterocycles. The number of ether oxygens (including phenoxy) is 1. The van der Waals surface area contributed by atoms with Crippen molar-refractivity contribution in [2.45, 2.75) is 58.3 Å². The fraction of sp³-hybridized carbons (Fsp3) is 0.588. The van der Waals surface area contributed by atoms with E-state index in [1.54, 1.807) is 0 Å². The van der Waals surface area contributed by atoms with E-state index >= 15 is 0 Å². The Bertz CT molecular complexity index is 483. The first-order chi connectivity index (χ1) is 9.74. The Morgan fingerprint density at radius 1 is 1.15 bits per heavy atom. The van der Waals surface area contributed by atoms with Gasteiger partial charge in [-0.05, 0) is 26.2 Å². The van der Waals surface area contributed by atoms with E-state index in [0.717, 1.165) is 30.6 Å². The van der Waals surface area contributed by atoms with E-state index < -0.39 is 0 Å². The van der Waals surface area contributed by atoms with E-state index in [9.17, 15) is 4.79 Å². The van der Waals surface area contributed by atoms with Crippen molar-refractivity contribution in [1.29, 1.82) is 0 Å². The van der Waals surface area contributed by atoms with Gasteiger partial charge in [0, 0.05) is 12.0 Å². The van der Waals surface area contributed by atoms with Crippen LogP contribution in [0.5, 0.6) is 0 Å². The largest absolute Gasteiger partial charge is 0.465 e. The SMILES string of the molecule is COC(=O)c1c(C)oc2c1/C=C/CCCCCCCC2. The van der Waals surface area contributed by atoms with E-state index in [0.29, 0.717) is 11.3 Å². The number of carbonyl (C=O) groups is 1. The van der Waals surface area contributed by atoms with Crippen LogP contribution in [0.2, 0.25) is 0 Å². The normalized spacial score (nSPS) is 18.5. The van der Waals surface area contributed by atoms with Crippen molar-refractivity contribution in [1.82, 2.24) is 0 Å². The van der Waals surface area contributed by atoms with Gasteiger partial charge in [-0.3, -0.25) is 0 Å². The minimum absolute atomic E-state index is 0.302. The molecule has 0 aliphatic heterocycles. The highest BCUT2D eigenvalue weighted by Crippen LogP contribution is 2.27. The third-order valence-corrected chi connectivity index (χ3v) is 3.90. The van der Waals surface area contributed by atoms with Gasteiger partial charge in [-0.2, -0.15) is 0 Å². The van der Waals surface area contributed by atoms with Crippen LogP contribution in [0.25, 0.3) is 6.08 Å². The highest BCUT2D eigenvalue weighted by atomic mass is 16.5. The lowest BCUT2D eigenvalue weighted by Crippen LogP contribution is -2.04. The molecular weight excluding hydrogens is 252 g/mol. The molecule has 0 N–H and O–H groups in total. The van der Waals surface area contributed by atoms with Crippen LogP contribution in [-0.2, 0) is 11.2 Å². The highest BCUT2D eigenvalue weighted by molar-refractivity contribution is 5.95. The van der Waals surface area contributed by atoms with Gasteiger partial charge in [-0.15, -0.1) is 0 Å². The van der Waals surface area contributed by atoms with Gasteiger partial charge in [0.15, 0.2) is 0 Å². The second kappa shape index (κ2) is 7.32. The maximum atomic E-state index is 11.9. The Labute approximate surface area is 121 Å². The van der Waals surface area contributed by atoms with Gasteiger partial charge in [0.2, 0.25) is 0 Å². The van der Waals surface area contributed by atoms with Crippen LogP contribution in [0.1, 0.15) is 72.4 Å². The first-order valence-electron chi connectivity index (χ1n) is 7.61. The Morgan fingerprint density at radius 3 is 2.60 bits per heavy atom. The Hall–Kier alpha value is -1.51. The van der Waals surface area contributed by atoms with Crippen molar-refractivity contribution in [2.75, 3.05) is 7.11 Å². The van der Waals surface area contributed by atoms with Crippen LogP contribution in [0.3, 0.4) is 0 Å². The zero-order valence-corrected chi connectivity index (χ0v) is 12.5. The van der Waals surface area contributed by atoms with Crippen LogP contribution >= 0.6 is 0 Å². The standard InChI is InChI=1S/C17H24O3/c1-13-16(17(18)19-2)14-11-9-7-5-3-4-6-8-10-12-15(14)20-13/h9,11H,3-8,10,12H2,1-2H3/b11-9+. The molecule has 0 aromatic carbocycles. The van der Waals surface area contributed by atoms with E-state index in [2.05, 4.69) is 6.08 Å². The number of carbonyl (C=O) groups excluding carboxylic acids is 1. The summed E-state index contributed by atoms with van der Waals surface area (Å²) in [6.45, 7) is 1.84. The summed E-state index contributed by atoms with van der Waals surface area (Å²) in [5.74, 6) is 1.30. The minimum atomic E-state index is -0.302. The summed E-state index contributed by atoms with van der Waals surface area (Å²) in [7, 11) is 1.42. The van der Waals surface area contributed by atoms with Crippen molar-refractivity contribution in [3.8, 4) is 0 Å². The summed E-state index contributed by atoms with van der Waals surface area (Å²) >= 11 is 0. The van der Waals surface area contributed by atoms with Gasteiger partial charge in [0.05, 0.1) is 7.11 Å². The molecule has 0 fully saturated rings. The molecule has 0 unspecified atom stereocenters. The van der Waals surface area contributed by atoms with Crippen molar-refractivity contribution in [3.63, 3.8) is 0 Å². The Balaban J connectivity index is 2.31. The van der Waals surface area contributed by atoms with Crippen molar-refractivity contribution in [3.05, 3.63) is 28.7 Å². The number of furan rings is 1. The summed E-state index contributed by atoms with van der Waals surface area (Å²) in [5.41, 5.74) is 1.52. The predicted octanol–water partition coefficient (Wildman–Crippen LogP) is 4.67. The molecule has 0 saturated heterocycles. The molecule has 0 saturated carbocycles. The average Bonchev–Trinajstić information content (AvgIpc) is 2.74. The first-order valence-corrected chi connectivity index (χ1v) is 7.61. The maximum Gasteiger partial charge on any atom is 0.342 e. The third kappa shape index (κ3) is 3.53. The van der Waals surface area contributed by atoms with Gasteiger partial charge >= 0.3 is 5.97 Å². The summed E-state index contributed by atoms with van der Waals surface area (Å²) in [5, 5.41) is 0. The Morgan fingerprint density at radius 2 is 1.85 bits per heavy atom. The number of fused-ring (bicyclic) bond motifs is 1. The summed E-state index contributed by atoms with van der Waals surface area (Å²) in [6, 6.07) is 0. The van der Waals surface area contributed by atoms with Gasteiger partial charge < -0.3 is 9.15 Å². The monoisotopic (exact) mass is 276 g/mol. The molecule has 3 nitrogen and oxygen atoms in total. The van der Waals surface area contributed by atoms with Gasteiger partial charge in [0.1, 0.15) is 17.1 Å². The number of aryl methyl sites for hydroxylation is 2. The van der Waals surface area contributed by atoms with Crippen LogP contribution in [0.15, 0.2) is 10.5 Å². The molecule has 0 radical (unpaired) electrons. The number of rotatable bonds is 1. The topological polar surface area (TPSA) is 39.4 Å². The number of esters is 1. The second-order valence-electron chi connectivity index (χ2n) is 5.42. The predicted molar refractivity (Wildman–Crippen MR) is 79.8 cm³/mol. The van der Waals surface area contributed by atoms with E-state index in [4.69, 9.17) is 9.15 Å². The van der Waals surface area contributed by atoms with E-state index in [1.165, 1.54) is 39.2 Å². The lowest BCUT2D eigenvalue weighted by molar-refractivity contribution is 0.0598. The van der Waals surface area contributed by atoms with Gasteiger partial charge in [-0.1, -0.05) is 37.8 Å². The van der Waals surface area contributed by atoms with Gasteiger partial charge in [-0.25, -0.2) is 4.79 Å². The van der Waals surface area contributed by atoms with Crippen LogP contribution < -0.4 is 0 Å². The van der Waals surface area contributed by atoms with Crippen LogP contribution in [-0.4, -0.2) is 13.1 Å². The molecule has 1 aliphatic carbocycles. The molecular formula is C17H24O3. The smallest absolute Gasteiger partial charge is 0.342 e. The zero-order chi connectivity index (χ0) is 14.4. The molecule has 1 aromatic rings. The number of allylic oxidation sites excluding steroid dienone is 1. The molecule has 110 valence electrons. The average molecular weight is 276 g/mol. The lowest BCUT2D eigenvalue weighted by Gasteiger charge is -2.04. The minimum Gasteiger partial charge on any atom is -0.465 e. The molecule has 0 atom stereocenters. The molecule has 20 heavy (non-hydrogen) atoms. The van der Waals surface area contributed by atoms with Crippen molar-refractivity contribution >= 4 is 12.0 Å². The summed E-state index contributed by atoms with van der Waals surface area (Å²) in [4.78, 5) is 11.9. The zero-order valence-electron chi connectivity index (χ0n) is 12.5. The van der Waals surface area contributed by atoms with Gasteiger partial charge in [0.25, 0.3) is 0 Å². The van der Waals surface area contributed by atoms with E-state index in [-0.39, 0.29) is 5.97 Å². The lowest BCUT2D eigenvalue weighted by atomic mass is 10.0. The first kappa shape index (κ1) is 14.9. The molecule has 0 spiro atoms. The van der Waals surface area contributed by atoms with E-state index in [1.807, 2.05) is 13.0 Å². The Kier molecular flexibility index (Phi) is 5.45. The molecule has 1 aliphatic rings.